The lowest BCUT2D eigenvalue weighted by molar-refractivity contribution is 0.573. The van der Waals surface area contributed by atoms with Gasteiger partial charge in [-0.15, -0.1) is 24.0 Å². The number of thioether (sulfide) groups is 1. The Morgan fingerprint density at radius 1 is 0.909 bits per heavy atom. The molecule has 22 heavy (non-hydrogen) atoms. The van der Waals surface area contributed by atoms with Crippen LogP contribution in [-0.4, -0.2) is 11.4 Å². The van der Waals surface area contributed by atoms with E-state index in [4.69, 9.17) is 28.2 Å². The highest BCUT2D eigenvalue weighted by molar-refractivity contribution is 14.0. The number of nitrogens with zero attached hydrogens (tertiary/aromatic N) is 1. The Kier molecular flexibility index (Phi) is 6.44. The molecule has 0 amide bonds. The molecule has 0 aromatic heterocycles. The Hall–Kier alpha value is -0.430. The molecule has 0 spiro atoms. The summed E-state index contributed by atoms with van der Waals surface area (Å²) in [5.74, 6) is 0. The SMILES string of the molecule is CSC1=N[C@@H](c2ccc(Cl)cc2)[C@@H](c2ccc(Cl)cc2)N1.I. The standard InChI is InChI=1S/C16H14Cl2N2S.HI/c1-21-16-19-14(10-2-6-12(17)7-3-10)15(20-16)11-4-8-13(18)9-5-11;/h2-9,14-15H,1H3,(H,19,20);1H/t14-,15+;. The van der Waals surface area contributed by atoms with Gasteiger partial charge in [0.05, 0.1) is 6.04 Å². The summed E-state index contributed by atoms with van der Waals surface area (Å²) in [6.45, 7) is 0. The Bertz CT molecular complexity index is 659. The highest BCUT2D eigenvalue weighted by atomic mass is 127. The summed E-state index contributed by atoms with van der Waals surface area (Å²) < 4.78 is 0. The highest BCUT2D eigenvalue weighted by Gasteiger charge is 2.30. The van der Waals surface area contributed by atoms with Crippen molar-refractivity contribution in [2.75, 3.05) is 6.26 Å². The van der Waals surface area contributed by atoms with Crippen molar-refractivity contribution in [3.8, 4) is 0 Å². The fraction of sp³-hybridized carbons (Fsp3) is 0.188. The molecular weight excluding hydrogens is 450 g/mol. The first-order valence-electron chi connectivity index (χ1n) is 6.56. The molecule has 1 heterocycles. The number of benzene rings is 2. The molecule has 6 heteroatoms. The Balaban J connectivity index is 0.00000176. The second-order valence-electron chi connectivity index (χ2n) is 4.81. The van der Waals surface area contributed by atoms with Gasteiger partial charge in [0.2, 0.25) is 0 Å². The van der Waals surface area contributed by atoms with Crippen LogP contribution >= 0.6 is 58.9 Å². The van der Waals surface area contributed by atoms with Crippen molar-refractivity contribution in [3.63, 3.8) is 0 Å². The molecule has 0 unspecified atom stereocenters. The van der Waals surface area contributed by atoms with Gasteiger partial charge in [-0.05, 0) is 41.6 Å². The average Bonchev–Trinajstić information content (AvgIpc) is 2.93. The second-order valence-corrected chi connectivity index (χ2v) is 6.48. The fourth-order valence-electron chi connectivity index (χ4n) is 2.42. The zero-order chi connectivity index (χ0) is 14.8. The van der Waals surface area contributed by atoms with E-state index in [0.717, 1.165) is 20.8 Å². The number of rotatable bonds is 2. The average molecular weight is 465 g/mol. The van der Waals surface area contributed by atoms with Gasteiger partial charge in [-0.2, -0.15) is 0 Å². The van der Waals surface area contributed by atoms with E-state index in [1.165, 1.54) is 5.56 Å². The van der Waals surface area contributed by atoms with E-state index in [2.05, 4.69) is 5.32 Å². The van der Waals surface area contributed by atoms with Crippen LogP contribution in [0.4, 0.5) is 0 Å². The van der Waals surface area contributed by atoms with Crippen LogP contribution in [0.1, 0.15) is 23.2 Å². The van der Waals surface area contributed by atoms with E-state index in [1.54, 1.807) is 11.8 Å². The molecule has 2 aromatic carbocycles. The smallest absolute Gasteiger partial charge is 0.157 e. The van der Waals surface area contributed by atoms with Gasteiger partial charge in [0.15, 0.2) is 5.17 Å². The third kappa shape index (κ3) is 3.91. The predicted molar refractivity (Wildman–Crippen MR) is 108 cm³/mol. The lowest BCUT2D eigenvalue weighted by Crippen LogP contribution is -2.22. The molecule has 0 radical (unpaired) electrons. The largest absolute Gasteiger partial charge is 0.356 e. The van der Waals surface area contributed by atoms with Crippen molar-refractivity contribution < 1.29 is 0 Å². The predicted octanol–water partition coefficient (Wildman–Crippen LogP) is 5.72. The monoisotopic (exact) mass is 464 g/mol. The van der Waals surface area contributed by atoms with E-state index in [9.17, 15) is 0 Å². The first kappa shape index (κ1) is 17.9. The van der Waals surface area contributed by atoms with E-state index < -0.39 is 0 Å². The van der Waals surface area contributed by atoms with Crippen LogP contribution in [0.3, 0.4) is 0 Å². The van der Waals surface area contributed by atoms with Crippen LogP contribution in [-0.2, 0) is 0 Å². The minimum absolute atomic E-state index is 0. The normalized spacial score (nSPS) is 20.0. The molecule has 0 fully saturated rings. The topological polar surface area (TPSA) is 24.4 Å². The molecule has 0 aliphatic carbocycles. The summed E-state index contributed by atoms with van der Waals surface area (Å²) in [4.78, 5) is 4.78. The number of hydrogen-bond donors (Lipinski definition) is 1. The van der Waals surface area contributed by atoms with Crippen molar-refractivity contribution in [2.45, 2.75) is 12.1 Å². The maximum atomic E-state index is 5.98. The van der Waals surface area contributed by atoms with Crippen LogP contribution in [0.5, 0.6) is 0 Å². The Morgan fingerprint density at radius 2 is 1.41 bits per heavy atom. The third-order valence-electron chi connectivity index (χ3n) is 3.49. The third-order valence-corrected chi connectivity index (χ3v) is 4.60. The molecular formula is C16H15Cl2IN2S. The first-order chi connectivity index (χ1) is 10.2. The highest BCUT2D eigenvalue weighted by Crippen LogP contribution is 2.38. The lowest BCUT2D eigenvalue weighted by atomic mass is 9.95. The zero-order valence-electron chi connectivity index (χ0n) is 11.8. The van der Waals surface area contributed by atoms with Gasteiger partial charge in [0, 0.05) is 10.0 Å². The molecule has 1 N–H and O–H groups in total. The number of nitrogens with one attached hydrogen (secondary N) is 1. The molecule has 0 saturated heterocycles. The molecule has 0 saturated carbocycles. The number of aliphatic imine (C=N–C) groups is 1. The summed E-state index contributed by atoms with van der Waals surface area (Å²) in [7, 11) is 0. The minimum atomic E-state index is 0. The summed E-state index contributed by atoms with van der Waals surface area (Å²) in [6, 6.07) is 15.9. The first-order valence-corrected chi connectivity index (χ1v) is 8.54. The summed E-state index contributed by atoms with van der Waals surface area (Å²) in [6.07, 6.45) is 2.02. The number of halogens is 3. The van der Waals surface area contributed by atoms with Crippen LogP contribution in [0, 0.1) is 0 Å². The Morgan fingerprint density at radius 3 is 1.91 bits per heavy atom. The van der Waals surface area contributed by atoms with E-state index in [1.807, 2.05) is 54.8 Å². The van der Waals surface area contributed by atoms with Crippen LogP contribution < -0.4 is 5.32 Å². The molecule has 2 atom stereocenters. The Labute approximate surface area is 161 Å². The van der Waals surface area contributed by atoms with Gasteiger partial charge in [-0.1, -0.05) is 59.2 Å². The van der Waals surface area contributed by atoms with Gasteiger partial charge < -0.3 is 5.32 Å². The minimum Gasteiger partial charge on any atom is -0.356 e. The van der Waals surface area contributed by atoms with Gasteiger partial charge in [0.1, 0.15) is 6.04 Å². The molecule has 2 aromatic rings. The van der Waals surface area contributed by atoms with Crippen LogP contribution in [0.2, 0.25) is 10.0 Å². The fourth-order valence-corrected chi connectivity index (χ4v) is 3.14. The summed E-state index contributed by atoms with van der Waals surface area (Å²) in [5, 5.41) is 5.91. The lowest BCUT2D eigenvalue weighted by Gasteiger charge is -2.19. The molecule has 1 aliphatic heterocycles. The van der Waals surface area contributed by atoms with E-state index >= 15 is 0 Å². The van der Waals surface area contributed by atoms with Gasteiger partial charge in [-0.3, -0.25) is 4.99 Å². The maximum absolute atomic E-state index is 5.98. The molecule has 2 nitrogen and oxygen atoms in total. The van der Waals surface area contributed by atoms with Crippen molar-refractivity contribution in [1.29, 1.82) is 0 Å². The summed E-state index contributed by atoms with van der Waals surface area (Å²) in [5.41, 5.74) is 2.32. The number of hydrogen-bond acceptors (Lipinski definition) is 3. The molecule has 0 bridgehead atoms. The van der Waals surface area contributed by atoms with Gasteiger partial charge >= 0.3 is 0 Å². The van der Waals surface area contributed by atoms with E-state index in [-0.39, 0.29) is 36.1 Å². The maximum Gasteiger partial charge on any atom is 0.157 e. The van der Waals surface area contributed by atoms with Gasteiger partial charge in [-0.25, -0.2) is 0 Å². The van der Waals surface area contributed by atoms with Crippen molar-refractivity contribution >= 4 is 64.1 Å². The van der Waals surface area contributed by atoms with Crippen molar-refractivity contribution in [3.05, 3.63) is 69.7 Å². The van der Waals surface area contributed by atoms with Crippen molar-refractivity contribution in [1.82, 2.24) is 5.32 Å². The zero-order valence-corrected chi connectivity index (χ0v) is 16.5. The van der Waals surface area contributed by atoms with Crippen molar-refractivity contribution in [2.24, 2.45) is 4.99 Å². The molecule has 3 rings (SSSR count). The molecule has 1 aliphatic rings. The second kappa shape index (κ2) is 7.90. The quantitative estimate of drug-likeness (QED) is 0.575. The number of amidine groups is 1. The van der Waals surface area contributed by atoms with E-state index in [0.29, 0.717) is 0 Å². The van der Waals surface area contributed by atoms with Crippen LogP contribution in [0.15, 0.2) is 53.5 Å². The van der Waals surface area contributed by atoms with Gasteiger partial charge in [0.25, 0.3) is 0 Å². The van der Waals surface area contributed by atoms with Crippen LogP contribution in [0.25, 0.3) is 0 Å². The molecule has 116 valence electrons. The summed E-state index contributed by atoms with van der Waals surface area (Å²) >= 11 is 13.6.